The summed E-state index contributed by atoms with van der Waals surface area (Å²) in [4.78, 5) is 46.8. The van der Waals surface area contributed by atoms with Gasteiger partial charge in [-0.2, -0.15) is 0 Å². The van der Waals surface area contributed by atoms with E-state index in [1.165, 1.54) is 4.90 Å². The first-order valence-electron chi connectivity index (χ1n) is 9.64. The summed E-state index contributed by atoms with van der Waals surface area (Å²) in [6, 6.07) is 10.5. The molecule has 0 bridgehead atoms. The number of benzene rings is 1. The zero-order chi connectivity index (χ0) is 20.4. The van der Waals surface area contributed by atoms with E-state index in [-0.39, 0.29) is 24.3 Å². The fraction of sp³-hybridized carbons (Fsp3) is 0.333. The molecule has 4 rings (SSSR count). The molecule has 2 aliphatic heterocycles. The summed E-state index contributed by atoms with van der Waals surface area (Å²) in [5, 5.41) is 0.598. The molecule has 0 spiro atoms. The van der Waals surface area contributed by atoms with E-state index >= 15 is 0 Å². The van der Waals surface area contributed by atoms with Gasteiger partial charge in [0.15, 0.2) is 0 Å². The number of anilines is 1. The van der Waals surface area contributed by atoms with Crippen molar-refractivity contribution in [2.75, 3.05) is 37.6 Å². The number of amides is 3. The third-order valence-corrected chi connectivity index (χ3v) is 5.54. The van der Waals surface area contributed by atoms with Gasteiger partial charge in [0, 0.05) is 45.3 Å². The first-order valence-corrected chi connectivity index (χ1v) is 10.0. The second-order valence-corrected chi connectivity index (χ2v) is 7.55. The van der Waals surface area contributed by atoms with Crippen molar-refractivity contribution in [3.8, 4) is 0 Å². The van der Waals surface area contributed by atoms with Gasteiger partial charge in [0.05, 0.1) is 16.1 Å². The molecule has 1 aromatic heterocycles. The maximum atomic E-state index is 12.5. The largest absolute Gasteiger partial charge is 0.353 e. The number of imide groups is 1. The number of halogens is 1. The first kappa shape index (κ1) is 19.4. The summed E-state index contributed by atoms with van der Waals surface area (Å²) < 4.78 is 0. The van der Waals surface area contributed by atoms with Gasteiger partial charge in [-0.3, -0.25) is 19.3 Å². The van der Waals surface area contributed by atoms with E-state index in [4.69, 9.17) is 11.6 Å². The zero-order valence-corrected chi connectivity index (χ0v) is 16.6. The van der Waals surface area contributed by atoms with Crippen molar-refractivity contribution in [2.45, 2.75) is 12.8 Å². The summed E-state index contributed by atoms with van der Waals surface area (Å²) in [6.07, 6.45) is 2.39. The van der Waals surface area contributed by atoms with Crippen LogP contribution in [0.2, 0.25) is 5.02 Å². The molecule has 150 valence electrons. The molecule has 1 saturated heterocycles. The second kappa shape index (κ2) is 8.21. The third kappa shape index (κ3) is 3.96. The van der Waals surface area contributed by atoms with E-state index in [0.29, 0.717) is 55.2 Å². The predicted molar refractivity (Wildman–Crippen MR) is 109 cm³/mol. The molecule has 0 aliphatic carbocycles. The average Bonchev–Trinajstić information content (AvgIpc) is 2.99. The molecule has 1 fully saturated rings. The topological polar surface area (TPSA) is 73.8 Å². The first-order chi connectivity index (χ1) is 14.0. The normalized spacial score (nSPS) is 16.4. The lowest BCUT2D eigenvalue weighted by Gasteiger charge is -2.35. The van der Waals surface area contributed by atoms with Crippen LogP contribution in [0.5, 0.6) is 0 Å². The molecule has 0 unspecified atom stereocenters. The van der Waals surface area contributed by atoms with Crippen molar-refractivity contribution in [3.63, 3.8) is 0 Å². The highest BCUT2D eigenvalue weighted by Crippen LogP contribution is 2.23. The number of aromatic nitrogens is 1. The van der Waals surface area contributed by atoms with Crippen molar-refractivity contribution in [2.24, 2.45) is 0 Å². The van der Waals surface area contributed by atoms with E-state index in [9.17, 15) is 14.4 Å². The molecule has 2 aliphatic rings. The van der Waals surface area contributed by atoms with Crippen LogP contribution in [0.15, 0.2) is 42.6 Å². The van der Waals surface area contributed by atoms with Crippen molar-refractivity contribution in [1.82, 2.24) is 14.8 Å². The molecule has 2 aromatic rings. The number of carbonyl (C=O) groups excluding carboxylic acids is 3. The van der Waals surface area contributed by atoms with Crippen molar-refractivity contribution in [3.05, 3.63) is 58.7 Å². The van der Waals surface area contributed by atoms with Crippen LogP contribution in [0.1, 0.15) is 33.6 Å². The van der Waals surface area contributed by atoms with Crippen LogP contribution in [0.4, 0.5) is 5.82 Å². The highest BCUT2D eigenvalue weighted by Gasteiger charge is 2.34. The fourth-order valence-electron chi connectivity index (χ4n) is 3.73. The molecule has 7 nitrogen and oxygen atoms in total. The molecule has 0 radical (unpaired) electrons. The number of hydrogen-bond acceptors (Lipinski definition) is 5. The Labute approximate surface area is 173 Å². The number of nitrogens with zero attached hydrogens (tertiary/aromatic N) is 4. The number of carbonyl (C=O) groups is 3. The Kier molecular flexibility index (Phi) is 5.49. The second-order valence-electron chi connectivity index (χ2n) is 7.11. The van der Waals surface area contributed by atoms with Crippen LogP contribution < -0.4 is 4.90 Å². The summed E-state index contributed by atoms with van der Waals surface area (Å²) in [6.45, 7) is 2.91. The van der Waals surface area contributed by atoms with Gasteiger partial charge in [0.1, 0.15) is 5.82 Å². The zero-order valence-electron chi connectivity index (χ0n) is 15.9. The highest BCUT2D eigenvalue weighted by atomic mass is 35.5. The minimum atomic E-state index is -0.276. The minimum absolute atomic E-state index is 0.0466. The fourth-order valence-corrected chi connectivity index (χ4v) is 3.84. The summed E-state index contributed by atoms with van der Waals surface area (Å²) >= 11 is 5.88. The average molecular weight is 413 g/mol. The monoisotopic (exact) mass is 412 g/mol. The van der Waals surface area contributed by atoms with Crippen molar-refractivity contribution in [1.29, 1.82) is 0 Å². The SMILES string of the molecule is O=C(CCCN1C(=O)c2ccccc2C1=O)N1CCN(c2ccc(Cl)cn2)CC1. The number of rotatable bonds is 5. The van der Waals surface area contributed by atoms with Gasteiger partial charge in [-0.15, -0.1) is 0 Å². The van der Waals surface area contributed by atoms with Crippen LogP contribution in [0.3, 0.4) is 0 Å². The molecule has 8 heteroatoms. The van der Waals surface area contributed by atoms with E-state index in [2.05, 4.69) is 9.88 Å². The molecule has 0 N–H and O–H groups in total. The van der Waals surface area contributed by atoms with Crippen LogP contribution in [-0.2, 0) is 4.79 Å². The van der Waals surface area contributed by atoms with Gasteiger partial charge in [-0.05, 0) is 30.7 Å². The van der Waals surface area contributed by atoms with Gasteiger partial charge < -0.3 is 9.80 Å². The Bertz CT molecular complexity index is 904. The molecule has 3 amide bonds. The van der Waals surface area contributed by atoms with Crippen LogP contribution in [0.25, 0.3) is 0 Å². The predicted octanol–water partition coefficient (Wildman–Crippen LogP) is 2.46. The highest BCUT2D eigenvalue weighted by molar-refractivity contribution is 6.30. The molecule has 29 heavy (non-hydrogen) atoms. The van der Waals surface area contributed by atoms with Crippen molar-refractivity contribution >= 4 is 35.1 Å². The third-order valence-electron chi connectivity index (χ3n) is 5.32. The molecule has 0 saturated carbocycles. The summed E-state index contributed by atoms with van der Waals surface area (Å²) in [5.41, 5.74) is 0.881. The Morgan fingerprint density at radius 3 is 2.21 bits per heavy atom. The quantitative estimate of drug-likeness (QED) is 0.705. The minimum Gasteiger partial charge on any atom is -0.353 e. The Balaban J connectivity index is 1.24. The van der Waals surface area contributed by atoms with Crippen LogP contribution in [0, 0.1) is 0 Å². The van der Waals surface area contributed by atoms with E-state index in [0.717, 1.165) is 5.82 Å². The molecular weight excluding hydrogens is 392 g/mol. The summed E-state index contributed by atoms with van der Waals surface area (Å²) in [5.74, 6) is 0.349. The molecule has 3 heterocycles. The lowest BCUT2D eigenvalue weighted by atomic mass is 10.1. The van der Waals surface area contributed by atoms with E-state index in [1.54, 1.807) is 36.5 Å². The van der Waals surface area contributed by atoms with Crippen LogP contribution in [-0.4, -0.2) is 65.2 Å². The van der Waals surface area contributed by atoms with Crippen LogP contribution >= 0.6 is 11.6 Å². The number of pyridine rings is 1. The number of piperazine rings is 1. The molecular formula is C21H21ClN4O3. The lowest BCUT2D eigenvalue weighted by Crippen LogP contribution is -2.49. The molecule has 1 aromatic carbocycles. The number of hydrogen-bond donors (Lipinski definition) is 0. The Morgan fingerprint density at radius 2 is 1.62 bits per heavy atom. The molecule has 0 atom stereocenters. The van der Waals surface area contributed by atoms with E-state index < -0.39 is 0 Å². The van der Waals surface area contributed by atoms with Gasteiger partial charge in [0.25, 0.3) is 11.8 Å². The summed E-state index contributed by atoms with van der Waals surface area (Å²) in [7, 11) is 0. The maximum Gasteiger partial charge on any atom is 0.261 e. The Hall–Kier alpha value is -2.93. The van der Waals surface area contributed by atoms with Gasteiger partial charge >= 0.3 is 0 Å². The Morgan fingerprint density at radius 1 is 0.966 bits per heavy atom. The standard InChI is InChI=1S/C21H21ClN4O3/c22-15-7-8-18(23-14-15)24-10-12-25(13-11-24)19(27)6-3-9-26-20(28)16-4-1-2-5-17(16)21(26)29/h1-2,4-5,7-8,14H,3,6,9-13H2. The van der Waals surface area contributed by atoms with Gasteiger partial charge in [-0.25, -0.2) is 4.98 Å². The lowest BCUT2D eigenvalue weighted by molar-refractivity contribution is -0.131. The maximum absolute atomic E-state index is 12.5. The van der Waals surface area contributed by atoms with Gasteiger partial charge in [-0.1, -0.05) is 23.7 Å². The van der Waals surface area contributed by atoms with Crippen molar-refractivity contribution < 1.29 is 14.4 Å². The number of fused-ring (bicyclic) bond motifs is 1. The van der Waals surface area contributed by atoms with E-state index in [1.807, 2.05) is 11.0 Å². The van der Waals surface area contributed by atoms with Gasteiger partial charge in [0.2, 0.25) is 5.91 Å². The smallest absolute Gasteiger partial charge is 0.261 e.